The highest BCUT2D eigenvalue weighted by Gasteiger charge is 2.78. The van der Waals surface area contributed by atoms with Gasteiger partial charge in [0.15, 0.2) is 0 Å². The average Bonchev–Trinajstić information content (AvgIpc) is 3.56. The summed E-state index contributed by atoms with van der Waals surface area (Å²) in [5.74, 6) is -1.69. The summed E-state index contributed by atoms with van der Waals surface area (Å²) in [7, 11) is 1.75. The molecule has 1 N–H and O–H groups in total. The molecular formula is C34H43N3O4S. The predicted octanol–water partition coefficient (Wildman–Crippen LogP) is 4.89. The van der Waals surface area contributed by atoms with Crippen molar-refractivity contribution in [1.29, 1.82) is 0 Å². The molecule has 224 valence electrons. The largest absolute Gasteiger partial charge is 0.394 e. The standard InChI is InChI=1S/C34H43N3O4S/c1-7-18-35(6)30(39)27-28-31(40)37(26(21-38)22(4)9-3)29(34(28)17-16-33(27,5)42-34)32(41)36(19-8-2)25-15-14-23-12-10-11-13-24(23)20-25/h7-8,10-15,20,22,26-29,38H,1-2,9,16-19,21H2,3-6H3/t22-,26-,27-,28-,29?,33+,34?/m0/s1. The van der Waals surface area contributed by atoms with Crippen LogP contribution in [0.4, 0.5) is 5.69 Å². The smallest absolute Gasteiger partial charge is 0.251 e. The highest BCUT2D eigenvalue weighted by atomic mass is 32.2. The maximum atomic E-state index is 15.0. The number of likely N-dealkylation sites (N-methyl/N-ethyl adjacent to an activating group) is 1. The topological polar surface area (TPSA) is 81.2 Å². The molecule has 2 bridgehead atoms. The lowest BCUT2D eigenvalue weighted by Gasteiger charge is -2.41. The molecule has 3 aliphatic heterocycles. The lowest BCUT2D eigenvalue weighted by molar-refractivity contribution is -0.146. The second-order valence-corrected chi connectivity index (χ2v) is 14.3. The summed E-state index contributed by atoms with van der Waals surface area (Å²) in [6.07, 6.45) is 5.53. The number of aliphatic hydroxyl groups excluding tert-OH is 1. The first kappa shape index (κ1) is 30.4. The van der Waals surface area contributed by atoms with E-state index in [1.807, 2.05) is 56.3 Å². The Balaban J connectivity index is 1.65. The number of rotatable bonds is 11. The van der Waals surface area contributed by atoms with Crippen molar-refractivity contribution in [3.8, 4) is 0 Å². The van der Waals surface area contributed by atoms with Crippen LogP contribution >= 0.6 is 11.8 Å². The van der Waals surface area contributed by atoms with Crippen molar-refractivity contribution in [2.45, 2.75) is 61.6 Å². The molecule has 2 unspecified atom stereocenters. The minimum absolute atomic E-state index is 0.0339. The number of thioether (sulfide) groups is 1. The lowest BCUT2D eigenvalue weighted by atomic mass is 9.66. The van der Waals surface area contributed by atoms with Gasteiger partial charge >= 0.3 is 0 Å². The maximum absolute atomic E-state index is 15.0. The van der Waals surface area contributed by atoms with Gasteiger partial charge in [-0.05, 0) is 48.6 Å². The lowest BCUT2D eigenvalue weighted by Crippen LogP contribution is -2.58. The van der Waals surface area contributed by atoms with E-state index in [1.165, 1.54) is 0 Å². The monoisotopic (exact) mass is 589 g/mol. The first-order valence-corrected chi connectivity index (χ1v) is 15.8. The molecule has 3 amide bonds. The fraction of sp³-hybridized carbons (Fsp3) is 0.500. The molecule has 2 aromatic carbocycles. The van der Waals surface area contributed by atoms with Crippen LogP contribution in [0.3, 0.4) is 0 Å². The van der Waals surface area contributed by atoms with Gasteiger partial charge in [0.05, 0.1) is 29.2 Å². The zero-order valence-electron chi connectivity index (χ0n) is 25.2. The van der Waals surface area contributed by atoms with E-state index in [2.05, 4.69) is 20.1 Å². The van der Waals surface area contributed by atoms with Gasteiger partial charge in [0.25, 0.3) is 5.91 Å². The molecule has 0 aliphatic carbocycles. The number of carbonyl (C=O) groups excluding carboxylic acids is 3. The molecule has 0 aromatic heterocycles. The molecule has 3 fully saturated rings. The van der Waals surface area contributed by atoms with E-state index in [4.69, 9.17) is 0 Å². The van der Waals surface area contributed by atoms with Crippen LogP contribution < -0.4 is 4.90 Å². The summed E-state index contributed by atoms with van der Waals surface area (Å²) in [4.78, 5) is 48.6. The van der Waals surface area contributed by atoms with Crippen LogP contribution in [0.1, 0.15) is 40.0 Å². The Bertz CT molecular complexity index is 1410. The normalized spacial score (nSPS) is 29.3. The zero-order valence-corrected chi connectivity index (χ0v) is 26.0. The number of hydrogen-bond acceptors (Lipinski definition) is 5. The number of aliphatic hydroxyl groups is 1. The van der Waals surface area contributed by atoms with Gasteiger partial charge in [-0.15, -0.1) is 24.9 Å². The van der Waals surface area contributed by atoms with E-state index in [-0.39, 0.29) is 36.8 Å². The molecule has 0 radical (unpaired) electrons. The minimum Gasteiger partial charge on any atom is -0.394 e. The van der Waals surface area contributed by atoms with E-state index in [0.717, 1.165) is 29.3 Å². The zero-order chi connectivity index (χ0) is 30.4. The van der Waals surface area contributed by atoms with Crippen LogP contribution in [0.5, 0.6) is 0 Å². The van der Waals surface area contributed by atoms with Crippen molar-refractivity contribution in [2.75, 3.05) is 31.6 Å². The fourth-order valence-electron chi connectivity index (χ4n) is 7.66. The summed E-state index contributed by atoms with van der Waals surface area (Å²) in [5.41, 5.74) is 0.733. The van der Waals surface area contributed by atoms with E-state index in [1.54, 1.807) is 45.7 Å². The van der Waals surface area contributed by atoms with Gasteiger partial charge < -0.3 is 19.8 Å². The van der Waals surface area contributed by atoms with Crippen molar-refractivity contribution in [3.05, 3.63) is 67.8 Å². The summed E-state index contributed by atoms with van der Waals surface area (Å²) < 4.78 is -1.23. The van der Waals surface area contributed by atoms with Gasteiger partial charge in [-0.25, -0.2) is 0 Å². The predicted molar refractivity (Wildman–Crippen MR) is 170 cm³/mol. The van der Waals surface area contributed by atoms with Crippen molar-refractivity contribution in [3.63, 3.8) is 0 Å². The SMILES string of the molecule is C=CCN(C)C(=O)[C@@H]1[C@H]2C(=O)N([C@@H](CO)[C@@H](C)CC)C(C(=O)N(CC=C)c3ccc4ccccc4c3)C23CC[C@@]1(C)S3. The molecule has 7 atom stereocenters. The van der Waals surface area contributed by atoms with Crippen LogP contribution in [0.25, 0.3) is 10.8 Å². The van der Waals surface area contributed by atoms with E-state index >= 15 is 0 Å². The molecule has 8 heteroatoms. The second kappa shape index (κ2) is 11.5. The van der Waals surface area contributed by atoms with Gasteiger partial charge in [0, 0.05) is 30.6 Å². The van der Waals surface area contributed by atoms with Crippen LogP contribution in [0.15, 0.2) is 67.8 Å². The minimum atomic E-state index is -0.818. The number of anilines is 1. The number of fused-ring (bicyclic) bond motifs is 2. The Kier molecular flexibility index (Phi) is 8.33. The molecule has 3 aliphatic rings. The van der Waals surface area contributed by atoms with Gasteiger partial charge in [0.1, 0.15) is 6.04 Å². The third-order valence-corrected chi connectivity index (χ3v) is 11.9. The first-order chi connectivity index (χ1) is 20.1. The maximum Gasteiger partial charge on any atom is 0.251 e. The fourth-order valence-corrected chi connectivity index (χ4v) is 9.99. The van der Waals surface area contributed by atoms with Gasteiger partial charge in [-0.1, -0.05) is 62.8 Å². The van der Waals surface area contributed by atoms with E-state index < -0.39 is 33.4 Å². The molecule has 3 saturated heterocycles. The average molecular weight is 590 g/mol. The molecule has 0 saturated carbocycles. The van der Waals surface area contributed by atoms with Crippen LogP contribution in [0, 0.1) is 17.8 Å². The Labute approximate surface area is 253 Å². The van der Waals surface area contributed by atoms with Crippen LogP contribution in [-0.2, 0) is 14.4 Å². The van der Waals surface area contributed by atoms with E-state index in [9.17, 15) is 19.5 Å². The van der Waals surface area contributed by atoms with E-state index in [0.29, 0.717) is 13.0 Å². The number of benzene rings is 2. The van der Waals surface area contributed by atoms with Gasteiger partial charge in [-0.3, -0.25) is 14.4 Å². The molecule has 7 nitrogen and oxygen atoms in total. The van der Waals surface area contributed by atoms with Gasteiger partial charge in [-0.2, -0.15) is 0 Å². The summed E-state index contributed by atoms with van der Waals surface area (Å²) in [6, 6.07) is 12.6. The number of hydrogen-bond donors (Lipinski definition) is 1. The summed E-state index contributed by atoms with van der Waals surface area (Å²) >= 11 is 1.66. The van der Waals surface area contributed by atoms with Crippen molar-refractivity contribution < 1.29 is 19.5 Å². The Morgan fingerprint density at radius 3 is 2.45 bits per heavy atom. The highest BCUT2D eigenvalue weighted by Crippen LogP contribution is 2.72. The summed E-state index contributed by atoms with van der Waals surface area (Å²) in [5, 5.41) is 12.8. The Hall–Kier alpha value is -3.10. The second-order valence-electron chi connectivity index (χ2n) is 12.4. The summed E-state index contributed by atoms with van der Waals surface area (Å²) in [6.45, 7) is 14.3. The molecule has 1 spiro atoms. The third kappa shape index (κ3) is 4.58. The number of amides is 3. The number of nitrogens with zero attached hydrogens (tertiary/aromatic N) is 3. The number of likely N-dealkylation sites (tertiary alicyclic amines) is 1. The third-order valence-electron chi connectivity index (χ3n) is 9.96. The van der Waals surface area contributed by atoms with Crippen molar-refractivity contribution >= 4 is 45.9 Å². The number of carbonyl (C=O) groups is 3. The first-order valence-electron chi connectivity index (χ1n) is 15.0. The molecular weight excluding hydrogens is 546 g/mol. The molecule has 2 aromatic rings. The molecule has 42 heavy (non-hydrogen) atoms. The Morgan fingerprint density at radius 2 is 1.81 bits per heavy atom. The highest BCUT2D eigenvalue weighted by molar-refractivity contribution is 8.02. The van der Waals surface area contributed by atoms with Crippen molar-refractivity contribution in [2.24, 2.45) is 17.8 Å². The van der Waals surface area contributed by atoms with Crippen molar-refractivity contribution in [1.82, 2.24) is 9.80 Å². The Morgan fingerprint density at radius 1 is 1.12 bits per heavy atom. The quantitative estimate of drug-likeness (QED) is 0.378. The van der Waals surface area contributed by atoms with Gasteiger partial charge in [0.2, 0.25) is 11.8 Å². The molecule has 5 rings (SSSR count). The molecule has 3 heterocycles. The van der Waals surface area contributed by atoms with Crippen LogP contribution in [0.2, 0.25) is 0 Å². The van der Waals surface area contributed by atoms with Crippen LogP contribution in [-0.4, -0.2) is 80.9 Å².